The SMILES string of the molecule is COc1cc(/C=N\NC(=O)CSc2ccc(Cl)cc2)cc(Cl)c1OCc1cccc(F)c1. The van der Waals surface area contributed by atoms with Gasteiger partial charge in [-0.3, -0.25) is 4.79 Å². The van der Waals surface area contributed by atoms with Crippen LogP contribution in [0.4, 0.5) is 4.39 Å². The summed E-state index contributed by atoms with van der Waals surface area (Å²) in [5.41, 5.74) is 3.74. The Balaban J connectivity index is 1.57. The van der Waals surface area contributed by atoms with Crippen LogP contribution in [0.3, 0.4) is 0 Å². The van der Waals surface area contributed by atoms with Crippen LogP contribution in [0.25, 0.3) is 0 Å². The summed E-state index contributed by atoms with van der Waals surface area (Å²) >= 11 is 13.6. The van der Waals surface area contributed by atoms with Crippen LogP contribution in [-0.2, 0) is 11.4 Å². The Morgan fingerprint density at radius 1 is 1.16 bits per heavy atom. The van der Waals surface area contributed by atoms with Gasteiger partial charge in [0.15, 0.2) is 11.5 Å². The minimum Gasteiger partial charge on any atom is -0.493 e. The van der Waals surface area contributed by atoms with Crippen LogP contribution in [0.1, 0.15) is 11.1 Å². The number of amides is 1. The van der Waals surface area contributed by atoms with E-state index in [-0.39, 0.29) is 24.1 Å². The van der Waals surface area contributed by atoms with Crippen molar-refractivity contribution in [3.8, 4) is 11.5 Å². The molecule has 3 rings (SSSR count). The number of carbonyl (C=O) groups excluding carboxylic acids is 1. The van der Waals surface area contributed by atoms with E-state index >= 15 is 0 Å². The first-order valence-corrected chi connectivity index (χ1v) is 11.1. The molecule has 0 aliphatic carbocycles. The van der Waals surface area contributed by atoms with Crippen molar-refractivity contribution in [1.29, 1.82) is 0 Å². The second kappa shape index (κ2) is 11.8. The Kier molecular flexibility index (Phi) is 8.79. The maximum absolute atomic E-state index is 13.3. The number of hydrazone groups is 1. The van der Waals surface area contributed by atoms with E-state index in [0.717, 1.165) is 4.90 Å². The van der Waals surface area contributed by atoms with Gasteiger partial charge in [-0.05, 0) is 59.7 Å². The number of benzene rings is 3. The summed E-state index contributed by atoms with van der Waals surface area (Å²) < 4.78 is 24.4. The van der Waals surface area contributed by atoms with Crippen molar-refractivity contribution in [3.05, 3.63) is 87.7 Å². The zero-order valence-corrected chi connectivity index (χ0v) is 19.3. The number of carbonyl (C=O) groups is 1. The second-order valence-corrected chi connectivity index (χ2v) is 8.38. The highest BCUT2D eigenvalue weighted by Gasteiger charge is 2.12. The molecule has 0 aliphatic heterocycles. The third kappa shape index (κ3) is 7.15. The lowest BCUT2D eigenvalue weighted by Gasteiger charge is -2.13. The van der Waals surface area contributed by atoms with Gasteiger partial charge in [-0.2, -0.15) is 5.10 Å². The third-order valence-electron chi connectivity index (χ3n) is 4.11. The fraction of sp³-hybridized carbons (Fsp3) is 0.130. The highest BCUT2D eigenvalue weighted by Crippen LogP contribution is 2.36. The summed E-state index contributed by atoms with van der Waals surface area (Å²) in [6.45, 7) is 0.128. The lowest BCUT2D eigenvalue weighted by molar-refractivity contribution is -0.118. The molecule has 0 aliphatic rings. The van der Waals surface area contributed by atoms with Gasteiger partial charge in [-0.25, -0.2) is 9.82 Å². The quantitative estimate of drug-likeness (QED) is 0.227. The number of hydrogen-bond acceptors (Lipinski definition) is 5. The van der Waals surface area contributed by atoms with E-state index in [1.165, 1.54) is 37.2 Å². The van der Waals surface area contributed by atoms with Gasteiger partial charge >= 0.3 is 0 Å². The molecule has 32 heavy (non-hydrogen) atoms. The summed E-state index contributed by atoms with van der Waals surface area (Å²) in [5, 5.41) is 4.90. The Morgan fingerprint density at radius 2 is 1.94 bits per heavy atom. The highest BCUT2D eigenvalue weighted by molar-refractivity contribution is 8.00. The molecule has 0 radical (unpaired) electrons. The zero-order valence-electron chi connectivity index (χ0n) is 17.0. The van der Waals surface area contributed by atoms with E-state index in [1.807, 2.05) is 12.1 Å². The van der Waals surface area contributed by atoms with Gasteiger partial charge in [-0.1, -0.05) is 35.3 Å². The van der Waals surface area contributed by atoms with Gasteiger partial charge in [0.25, 0.3) is 0 Å². The molecule has 0 bridgehead atoms. The number of halogens is 3. The normalized spacial score (nSPS) is 10.9. The standard InChI is InChI=1S/C23H19Cl2FN2O3S/c1-30-21-11-16(10-20(25)23(21)31-13-15-3-2-4-18(26)9-15)12-27-28-22(29)14-32-19-7-5-17(24)6-8-19/h2-12H,13-14H2,1H3,(H,28,29)/b27-12-. The van der Waals surface area contributed by atoms with Gasteiger partial charge in [0.1, 0.15) is 12.4 Å². The maximum Gasteiger partial charge on any atom is 0.250 e. The number of thioether (sulfide) groups is 1. The van der Waals surface area contributed by atoms with Crippen LogP contribution in [-0.4, -0.2) is 25.0 Å². The fourth-order valence-electron chi connectivity index (χ4n) is 2.63. The van der Waals surface area contributed by atoms with Crippen molar-refractivity contribution in [1.82, 2.24) is 5.43 Å². The van der Waals surface area contributed by atoms with Gasteiger partial charge < -0.3 is 9.47 Å². The van der Waals surface area contributed by atoms with Crippen LogP contribution in [0.2, 0.25) is 10.0 Å². The summed E-state index contributed by atoms with van der Waals surface area (Å²) in [5.74, 6) is 0.327. The molecule has 5 nitrogen and oxygen atoms in total. The summed E-state index contributed by atoms with van der Waals surface area (Å²) in [6.07, 6.45) is 1.45. The lowest BCUT2D eigenvalue weighted by atomic mass is 10.2. The number of nitrogens with one attached hydrogen (secondary N) is 1. The molecular formula is C23H19Cl2FN2O3S. The van der Waals surface area contributed by atoms with Crippen molar-refractivity contribution in [3.63, 3.8) is 0 Å². The molecule has 0 unspecified atom stereocenters. The van der Waals surface area contributed by atoms with Gasteiger partial charge in [0.05, 0.1) is 24.1 Å². The smallest absolute Gasteiger partial charge is 0.250 e. The van der Waals surface area contributed by atoms with Gasteiger partial charge in [-0.15, -0.1) is 11.8 Å². The van der Waals surface area contributed by atoms with E-state index in [0.29, 0.717) is 32.7 Å². The first-order chi connectivity index (χ1) is 15.4. The lowest BCUT2D eigenvalue weighted by Crippen LogP contribution is -2.19. The molecule has 0 fully saturated rings. The molecule has 1 amide bonds. The molecule has 0 spiro atoms. The first-order valence-electron chi connectivity index (χ1n) is 9.39. The molecule has 3 aromatic rings. The van der Waals surface area contributed by atoms with Gasteiger partial charge in [0, 0.05) is 9.92 Å². The summed E-state index contributed by atoms with van der Waals surface area (Å²) in [6, 6.07) is 16.6. The fourth-order valence-corrected chi connectivity index (χ4v) is 3.72. The summed E-state index contributed by atoms with van der Waals surface area (Å²) in [7, 11) is 1.48. The Morgan fingerprint density at radius 3 is 2.66 bits per heavy atom. The second-order valence-electron chi connectivity index (χ2n) is 6.49. The van der Waals surface area contributed by atoms with E-state index in [4.69, 9.17) is 32.7 Å². The average molecular weight is 493 g/mol. The molecule has 3 aromatic carbocycles. The monoisotopic (exact) mass is 492 g/mol. The Labute approximate surface area is 199 Å². The number of nitrogens with zero attached hydrogens (tertiary/aromatic N) is 1. The molecule has 166 valence electrons. The van der Waals surface area contributed by atoms with Crippen LogP contribution in [0.5, 0.6) is 11.5 Å². The Bertz CT molecular complexity index is 1110. The molecule has 0 saturated carbocycles. The molecule has 0 atom stereocenters. The van der Waals surface area contributed by atoms with Crippen molar-refractivity contribution in [2.75, 3.05) is 12.9 Å². The first kappa shape index (κ1) is 23.9. The van der Waals surface area contributed by atoms with Crippen molar-refractivity contribution >= 4 is 47.1 Å². The molecule has 0 saturated heterocycles. The zero-order chi connectivity index (χ0) is 22.9. The number of ether oxygens (including phenoxy) is 2. The predicted molar refractivity (Wildman–Crippen MR) is 127 cm³/mol. The molecular weight excluding hydrogens is 474 g/mol. The minimum atomic E-state index is -0.343. The highest BCUT2D eigenvalue weighted by atomic mass is 35.5. The average Bonchev–Trinajstić information content (AvgIpc) is 2.77. The topological polar surface area (TPSA) is 59.9 Å². The minimum absolute atomic E-state index is 0.128. The Hall–Kier alpha value is -2.74. The largest absolute Gasteiger partial charge is 0.493 e. The van der Waals surface area contributed by atoms with E-state index in [1.54, 1.807) is 36.4 Å². The number of rotatable bonds is 9. The van der Waals surface area contributed by atoms with Crippen molar-refractivity contribution < 1.29 is 18.7 Å². The van der Waals surface area contributed by atoms with Crippen LogP contribution in [0, 0.1) is 5.82 Å². The van der Waals surface area contributed by atoms with Crippen molar-refractivity contribution in [2.45, 2.75) is 11.5 Å². The van der Waals surface area contributed by atoms with Crippen molar-refractivity contribution in [2.24, 2.45) is 5.10 Å². The molecule has 1 N–H and O–H groups in total. The summed E-state index contributed by atoms with van der Waals surface area (Å²) in [4.78, 5) is 12.9. The number of methoxy groups -OCH3 is 1. The molecule has 0 aromatic heterocycles. The van der Waals surface area contributed by atoms with Gasteiger partial charge in [0.2, 0.25) is 5.91 Å². The predicted octanol–water partition coefficient (Wildman–Crippen LogP) is 5.96. The van der Waals surface area contributed by atoms with Crippen LogP contribution < -0.4 is 14.9 Å². The third-order valence-corrected chi connectivity index (χ3v) is 5.66. The van der Waals surface area contributed by atoms with E-state index < -0.39 is 0 Å². The molecule has 9 heteroatoms. The van der Waals surface area contributed by atoms with E-state index in [9.17, 15) is 9.18 Å². The van der Waals surface area contributed by atoms with Crippen LogP contribution in [0.15, 0.2) is 70.7 Å². The van der Waals surface area contributed by atoms with E-state index in [2.05, 4.69) is 10.5 Å². The van der Waals surface area contributed by atoms with Crippen LogP contribution >= 0.6 is 35.0 Å². The molecule has 0 heterocycles. The maximum atomic E-state index is 13.3. The number of hydrogen-bond donors (Lipinski definition) is 1.